The molecule has 158 valence electrons. The summed E-state index contributed by atoms with van der Waals surface area (Å²) in [4.78, 5) is 19.3. The van der Waals surface area contributed by atoms with E-state index in [1.165, 1.54) is 5.56 Å². The molecule has 0 aliphatic carbocycles. The molecule has 2 aromatic rings. The van der Waals surface area contributed by atoms with Crippen LogP contribution in [0.4, 0.5) is 11.4 Å². The van der Waals surface area contributed by atoms with E-state index in [4.69, 9.17) is 16.3 Å². The normalized spacial score (nSPS) is 10.7. The van der Waals surface area contributed by atoms with Crippen LogP contribution < -0.4 is 15.0 Å². The molecular formula is C23H32ClN3O2. The van der Waals surface area contributed by atoms with Gasteiger partial charge in [0.05, 0.1) is 5.69 Å². The van der Waals surface area contributed by atoms with Gasteiger partial charge in [0.1, 0.15) is 11.4 Å². The van der Waals surface area contributed by atoms with E-state index >= 15 is 0 Å². The predicted molar refractivity (Wildman–Crippen MR) is 122 cm³/mol. The van der Waals surface area contributed by atoms with Crippen molar-refractivity contribution in [1.29, 1.82) is 0 Å². The minimum atomic E-state index is -0.151. The van der Waals surface area contributed by atoms with Crippen LogP contribution in [0.25, 0.3) is 0 Å². The fourth-order valence-electron chi connectivity index (χ4n) is 3.50. The molecule has 29 heavy (non-hydrogen) atoms. The van der Waals surface area contributed by atoms with E-state index in [0.717, 1.165) is 47.8 Å². The van der Waals surface area contributed by atoms with Crippen LogP contribution in [0, 0.1) is 27.7 Å². The second kappa shape index (κ2) is 10.5. The Morgan fingerprint density at radius 2 is 1.79 bits per heavy atom. The van der Waals surface area contributed by atoms with Crippen LogP contribution in [-0.2, 0) is 4.79 Å². The van der Waals surface area contributed by atoms with Gasteiger partial charge in [-0.1, -0.05) is 24.6 Å². The lowest BCUT2D eigenvalue weighted by molar-refractivity contribution is -0.115. The van der Waals surface area contributed by atoms with Crippen LogP contribution in [-0.4, -0.2) is 29.9 Å². The quantitative estimate of drug-likeness (QED) is 0.515. The van der Waals surface area contributed by atoms with Gasteiger partial charge in [-0.05, 0) is 58.2 Å². The molecule has 0 unspecified atom stereocenters. The van der Waals surface area contributed by atoms with Crippen molar-refractivity contribution < 1.29 is 9.53 Å². The number of amides is 1. The van der Waals surface area contributed by atoms with Gasteiger partial charge in [0.2, 0.25) is 11.8 Å². The van der Waals surface area contributed by atoms with Crippen LogP contribution >= 0.6 is 11.6 Å². The number of aromatic nitrogens is 1. The molecule has 1 aromatic heterocycles. The summed E-state index contributed by atoms with van der Waals surface area (Å²) in [5, 5.41) is 3.00. The fourth-order valence-corrected chi connectivity index (χ4v) is 3.67. The number of anilines is 2. The molecule has 0 aliphatic heterocycles. The summed E-state index contributed by atoms with van der Waals surface area (Å²) in [7, 11) is 0. The van der Waals surface area contributed by atoms with Crippen molar-refractivity contribution in [2.24, 2.45) is 0 Å². The van der Waals surface area contributed by atoms with Gasteiger partial charge in [0, 0.05) is 31.1 Å². The number of aryl methyl sites for hydroxylation is 4. The third kappa shape index (κ3) is 5.86. The van der Waals surface area contributed by atoms with E-state index in [-0.39, 0.29) is 18.2 Å². The molecule has 1 amide bonds. The summed E-state index contributed by atoms with van der Waals surface area (Å²) in [5.74, 6) is 1.29. The van der Waals surface area contributed by atoms with Crippen molar-refractivity contribution in [3.63, 3.8) is 0 Å². The number of alkyl halides is 1. The molecule has 1 N–H and O–H groups in total. The average Bonchev–Trinajstić information content (AvgIpc) is 2.64. The van der Waals surface area contributed by atoms with Gasteiger partial charge in [-0.3, -0.25) is 4.79 Å². The summed E-state index contributed by atoms with van der Waals surface area (Å²) >= 11 is 5.77. The monoisotopic (exact) mass is 417 g/mol. The molecule has 6 heteroatoms. The van der Waals surface area contributed by atoms with Gasteiger partial charge in [0.25, 0.3) is 0 Å². The molecule has 0 bridgehead atoms. The topological polar surface area (TPSA) is 54.5 Å². The Morgan fingerprint density at radius 3 is 2.34 bits per heavy atom. The highest BCUT2D eigenvalue weighted by Gasteiger charge is 2.21. The third-order valence-electron chi connectivity index (χ3n) is 4.70. The van der Waals surface area contributed by atoms with Crippen molar-refractivity contribution in [2.45, 2.75) is 54.4 Å². The third-order valence-corrected chi connectivity index (χ3v) is 4.89. The first-order valence-electron chi connectivity index (χ1n) is 10.2. The molecule has 0 spiro atoms. The predicted octanol–water partition coefficient (Wildman–Crippen LogP) is 5.91. The van der Waals surface area contributed by atoms with E-state index in [9.17, 15) is 4.79 Å². The number of pyridine rings is 1. The van der Waals surface area contributed by atoms with E-state index in [1.807, 2.05) is 26.8 Å². The van der Waals surface area contributed by atoms with Gasteiger partial charge in [-0.25, -0.2) is 4.98 Å². The van der Waals surface area contributed by atoms with Crippen molar-refractivity contribution >= 4 is 28.9 Å². The first-order valence-corrected chi connectivity index (χ1v) is 10.7. The largest absolute Gasteiger partial charge is 0.436 e. The van der Waals surface area contributed by atoms with Crippen molar-refractivity contribution in [3.05, 3.63) is 40.6 Å². The van der Waals surface area contributed by atoms with Gasteiger partial charge < -0.3 is 15.0 Å². The first kappa shape index (κ1) is 23.0. The van der Waals surface area contributed by atoms with E-state index in [1.54, 1.807) is 0 Å². The number of nitrogens with one attached hydrogen (secondary N) is 1. The maximum atomic E-state index is 12.4. The van der Waals surface area contributed by atoms with E-state index in [0.29, 0.717) is 11.6 Å². The fraction of sp³-hybridized carbons (Fsp3) is 0.478. The molecule has 0 fully saturated rings. The number of halogens is 1. The Kier molecular flexibility index (Phi) is 8.32. The second-order valence-electron chi connectivity index (χ2n) is 7.36. The molecule has 2 rings (SSSR count). The SMILES string of the molecule is CCCN(CC)c1cc(C)nc(Oc2c(C)cc(C)cc2C)c1NC(=O)CCCl. The number of ether oxygens (including phenoxy) is 1. The lowest BCUT2D eigenvalue weighted by Gasteiger charge is -2.27. The van der Waals surface area contributed by atoms with E-state index < -0.39 is 0 Å². The molecule has 0 saturated heterocycles. The van der Waals surface area contributed by atoms with Gasteiger partial charge >= 0.3 is 0 Å². The maximum Gasteiger partial charge on any atom is 0.245 e. The number of hydrogen-bond donors (Lipinski definition) is 1. The Hall–Kier alpha value is -2.27. The minimum absolute atomic E-state index is 0.151. The van der Waals surface area contributed by atoms with Gasteiger partial charge in [0.15, 0.2) is 0 Å². The zero-order chi connectivity index (χ0) is 21.6. The Morgan fingerprint density at radius 1 is 1.14 bits per heavy atom. The highest BCUT2D eigenvalue weighted by atomic mass is 35.5. The summed E-state index contributed by atoms with van der Waals surface area (Å²) in [5.41, 5.74) is 5.60. The number of nitrogens with zero attached hydrogens (tertiary/aromatic N) is 2. The molecule has 1 aromatic carbocycles. The number of carbonyl (C=O) groups is 1. The Balaban J connectivity index is 2.60. The molecule has 0 atom stereocenters. The van der Waals surface area contributed by atoms with Crippen molar-refractivity contribution in [2.75, 3.05) is 29.2 Å². The van der Waals surface area contributed by atoms with Gasteiger partial charge in [-0.2, -0.15) is 0 Å². The number of rotatable bonds is 9. The summed E-state index contributed by atoms with van der Waals surface area (Å²) in [6, 6.07) is 6.16. The van der Waals surface area contributed by atoms with Crippen LogP contribution in [0.2, 0.25) is 0 Å². The summed E-state index contributed by atoms with van der Waals surface area (Å²) in [6.45, 7) is 14.0. The van der Waals surface area contributed by atoms with Crippen LogP contribution in [0.5, 0.6) is 11.6 Å². The average molecular weight is 418 g/mol. The second-order valence-corrected chi connectivity index (χ2v) is 7.74. The molecule has 5 nitrogen and oxygen atoms in total. The number of carbonyl (C=O) groups excluding carboxylic acids is 1. The maximum absolute atomic E-state index is 12.4. The summed E-state index contributed by atoms with van der Waals surface area (Å²) in [6.07, 6.45) is 1.23. The lowest BCUT2D eigenvalue weighted by atomic mass is 10.1. The van der Waals surface area contributed by atoms with Gasteiger partial charge in [-0.15, -0.1) is 11.6 Å². The van der Waals surface area contributed by atoms with Crippen molar-refractivity contribution in [1.82, 2.24) is 4.98 Å². The molecule has 0 saturated carbocycles. The highest BCUT2D eigenvalue weighted by molar-refractivity contribution is 6.19. The minimum Gasteiger partial charge on any atom is -0.436 e. The van der Waals surface area contributed by atoms with E-state index in [2.05, 4.69) is 48.1 Å². The number of hydrogen-bond acceptors (Lipinski definition) is 4. The Bertz CT molecular complexity index is 844. The Labute approximate surface area is 179 Å². The molecule has 0 aliphatic rings. The smallest absolute Gasteiger partial charge is 0.245 e. The zero-order valence-electron chi connectivity index (χ0n) is 18.4. The molecule has 1 heterocycles. The number of benzene rings is 1. The van der Waals surface area contributed by atoms with Crippen LogP contribution in [0.15, 0.2) is 18.2 Å². The van der Waals surface area contributed by atoms with Crippen molar-refractivity contribution in [3.8, 4) is 11.6 Å². The molecular weight excluding hydrogens is 386 g/mol. The van der Waals surface area contributed by atoms with Crippen LogP contribution in [0.3, 0.4) is 0 Å². The summed E-state index contributed by atoms with van der Waals surface area (Å²) < 4.78 is 6.31. The zero-order valence-corrected chi connectivity index (χ0v) is 19.1. The lowest BCUT2D eigenvalue weighted by Crippen LogP contribution is -2.26. The standard InChI is InChI=1S/C23H32ClN3O2/c1-7-11-27(8-2)19-14-18(6)25-23(21(19)26-20(28)9-10-24)29-22-16(4)12-15(3)13-17(22)5/h12-14H,7-11H2,1-6H3,(H,26,28). The van der Waals surface area contributed by atoms with Crippen LogP contribution in [0.1, 0.15) is 49.1 Å². The first-order chi connectivity index (χ1) is 13.8. The molecule has 0 radical (unpaired) electrons. The highest BCUT2D eigenvalue weighted by Crippen LogP contribution is 2.39.